The molecule has 1 aliphatic rings. The summed E-state index contributed by atoms with van der Waals surface area (Å²) in [5, 5.41) is 19.7. The summed E-state index contributed by atoms with van der Waals surface area (Å²) in [6, 6.07) is 10.9. The van der Waals surface area contributed by atoms with Crippen molar-refractivity contribution < 1.29 is 33.6 Å². The molecule has 0 aliphatic carbocycles. The predicted octanol–water partition coefficient (Wildman–Crippen LogP) is 4.45. The summed E-state index contributed by atoms with van der Waals surface area (Å²) in [5.41, 5.74) is -0.0385. The van der Waals surface area contributed by atoms with Crippen molar-refractivity contribution >= 4 is 11.9 Å². The molecule has 0 amide bonds. The van der Waals surface area contributed by atoms with Crippen LogP contribution in [0.3, 0.4) is 0 Å². The average molecular weight is 453 g/mol. The molecule has 2 aromatic rings. The Hall–Kier alpha value is -3.73. The largest absolute Gasteiger partial charge is 0.493 e. The summed E-state index contributed by atoms with van der Waals surface area (Å²) >= 11 is 0. The van der Waals surface area contributed by atoms with Gasteiger partial charge in [-0.2, -0.15) is 5.26 Å². The van der Waals surface area contributed by atoms with Crippen LogP contribution in [-0.2, 0) is 16.1 Å². The van der Waals surface area contributed by atoms with Gasteiger partial charge >= 0.3 is 11.9 Å². The summed E-state index contributed by atoms with van der Waals surface area (Å²) in [5.74, 6) is -0.586. The molecule has 1 heterocycles. The van der Waals surface area contributed by atoms with Crippen molar-refractivity contribution in [1.29, 1.82) is 5.26 Å². The first-order valence-corrected chi connectivity index (χ1v) is 10.3. The molecular weight excluding hydrogens is 426 g/mol. The van der Waals surface area contributed by atoms with Crippen LogP contribution in [0, 0.1) is 22.2 Å². The number of cyclic esters (lactones) is 1. The van der Waals surface area contributed by atoms with Gasteiger partial charge in [-0.15, -0.1) is 0 Å². The summed E-state index contributed by atoms with van der Waals surface area (Å²) in [6.07, 6.45) is -1.05. The Morgan fingerprint density at radius 2 is 1.76 bits per heavy atom. The molecule has 8 heteroatoms. The summed E-state index contributed by atoms with van der Waals surface area (Å²) in [6.45, 7) is 6.47. The van der Waals surface area contributed by atoms with E-state index in [0.29, 0.717) is 22.4 Å². The van der Waals surface area contributed by atoms with Crippen LogP contribution in [0.15, 0.2) is 30.3 Å². The van der Waals surface area contributed by atoms with Crippen molar-refractivity contribution in [2.45, 2.75) is 40.4 Å². The topological polar surface area (TPSA) is 115 Å². The lowest BCUT2D eigenvalue weighted by Gasteiger charge is -2.38. The number of carbonyl (C=O) groups is 2. The molecule has 2 aromatic carbocycles. The highest BCUT2D eigenvalue weighted by molar-refractivity contribution is 5.94. The monoisotopic (exact) mass is 453 g/mol. The van der Waals surface area contributed by atoms with E-state index in [2.05, 4.69) is 6.07 Å². The van der Waals surface area contributed by atoms with E-state index in [4.69, 9.17) is 18.9 Å². The molecule has 0 bridgehead atoms. The van der Waals surface area contributed by atoms with E-state index in [1.807, 2.05) is 6.07 Å². The number of hydrogen-bond donors (Lipinski definition) is 1. The zero-order chi connectivity index (χ0) is 24.6. The van der Waals surface area contributed by atoms with E-state index >= 15 is 0 Å². The fourth-order valence-electron chi connectivity index (χ4n) is 4.03. The molecule has 1 N–H and O–H groups in total. The van der Waals surface area contributed by atoms with Gasteiger partial charge in [0.2, 0.25) is 5.75 Å². The SMILES string of the molecule is COc1ccc(-c2ccc3c(c2)COC3=O)c(OC(C(C)(C)C#N)C(C)(C)C(=O)O)c1OC. The number of fused-ring (bicyclic) bond motifs is 1. The van der Waals surface area contributed by atoms with Gasteiger partial charge in [-0.25, -0.2) is 4.79 Å². The molecule has 0 saturated carbocycles. The number of nitriles is 1. The molecule has 0 aromatic heterocycles. The minimum atomic E-state index is -1.41. The van der Waals surface area contributed by atoms with E-state index in [9.17, 15) is 20.0 Å². The summed E-state index contributed by atoms with van der Waals surface area (Å²) in [7, 11) is 2.94. The number of carboxylic acids is 1. The smallest absolute Gasteiger partial charge is 0.338 e. The van der Waals surface area contributed by atoms with Gasteiger partial charge in [0.25, 0.3) is 0 Å². The third kappa shape index (κ3) is 4.19. The highest BCUT2D eigenvalue weighted by Crippen LogP contribution is 2.48. The molecule has 33 heavy (non-hydrogen) atoms. The van der Waals surface area contributed by atoms with Gasteiger partial charge in [0, 0.05) is 11.1 Å². The van der Waals surface area contributed by atoms with Gasteiger partial charge < -0.3 is 24.1 Å². The fourth-order valence-corrected chi connectivity index (χ4v) is 4.03. The molecule has 0 saturated heterocycles. The van der Waals surface area contributed by atoms with Gasteiger partial charge in [0.05, 0.1) is 31.3 Å². The highest BCUT2D eigenvalue weighted by Gasteiger charge is 2.49. The van der Waals surface area contributed by atoms with Crippen molar-refractivity contribution in [2.24, 2.45) is 10.8 Å². The Bertz CT molecular complexity index is 1140. The lowest BCUT2D eigenvalue weighted by atomic mass is 9.72. The number of ether oxygens (including phenoxy) is 4. The number of rotatable bonds is 8. The Labute approximate surface area is 192 Å². The molecule has 1 aliphatic heterocycles. The number of hydrogen-bond acceptors (Lipinski definition) is 7. The molecular formula is C25H27NO7. The van der Waals surface area contributed by atoms with E-state index in [1.165, 1.54) is 28.1 Å². The van der Waals surface area contributed by atoms with Crippen molar-refractivity contribution in [2.75, 3.05) is 14.2 Å². The number of aliphatic carboxylic acids is 1. The van der Waals surface area contributed by atoms with Crippen molar-refractivity contribution in [1.82, 2.24) is 0 Å². The summed E-state index contributed by atoms with van der Waals surface area (Å²) < 4.78 is 22.5. The second-order valence-corrected chi connectivity index (χ2v) is 8.98. The standard InChI is InChI=1S/C25H27NO7/c1-24(2,13-26)22(25(3,4)23(28)29)33-19-16(9-10-18(30-5)20(19)31-6)14-7-8-17-15(11-14)12-32-21(17)27/h7-11,22H,12H2,1-6H3,(H,28,29). The third-order valence-electron chi connectivity index (χ3n) is 5.88. The second-order valence-electron chi connectivity index (χ2n) is 8.98. The van der Waals surface area contributed by atoms with Crippen LogP contribution in [0.1, 0.15) is 43.6 Å². The number of benzene rings is 2. The first-order valence-electron chi connectivity index (χ1n) is 10.3. The number of carbonyl (C=O) groups excluding carboxylic acids is 1. The van der Waals surface area contributed by atoms with Crippen LogP contribution in [0.2, 0.25) is 0 Å². The van der Waals surface area contributed by atoms with Crippen LogP contribution in [0.5, 0.6) is 17.2 Å². The fraction of sp³-hybridized carbons (Fsp3) is 0.400. The van der Waals surface area contributed by atoms with Crippen LogP contribution < -0.4 is 14.2 Å². The lowest BCUT2D eigenvalue weighted by Crippen LogP contribution is -2.49. The van der Waals surface area contributed by atoms with Crippen LogP contribution in [0.4, 0.5) is 0 Å². The van der Waals surface area contributed by atoms with E-state index in [-0.39, 0.29) is 24.1 Å². The van der Waals surface area contributed by atoms with Gasteiger partial charge in [0.15, 0.2) is 11.5 Å². The first kappa shape index (κ1) is 23.9. The molecule has 1 unspecified atom stereocenters. The van der Waals surface area contributed by atoms with E-state index in [0.717, 1.165) is 5.56 Å². The minimum absolute atomic E-state index is 0.168. The van der Waals surface area contributed by atoms with Gasteiger partial charge in [0.1, 0.15) is 18.1 Å². The van der Waals surface area contributed by atoms with Gasteiger partial charge in [-0.1, -0.05) is 6.07 Å². The maximum Gasteiger partial charge on any atom is 0.338 e. The maximum atomic E-state index is 12.1. The number of nitrogens with zero attached hydrogens (tertiary/aromatic N) is 1. The Balaban J connectivity index is 2.24. The molecule has 174 valence electrons. The number of methoxy groups -OCH3 is 2. The normalized spacial score (nSPS) is 14.0. The van der Waals surface area contributed by atoms with E-state index < -0.39 is 22.9 Å². The molecule has 0 fully saturated rings. The lowest BCUT2D eigenvalue weighted by molar-refractivity contribution is -0.155. The zero-order valence-electron chi connectivity index (χ0n) is 19.5. The van der Waals surface area contributed by atoms with Crippen molar-refractivity contribution in [3.05, 3.63) is 41.5 Å². The van der Waals surface area contributed by atoms with Crippen molar-refractivity contribution in [3.63, 3.8) is 0 Å². The van der Waals surface area contributed by atoms with Gasteiger partial charge in [-0.05, 0) is 57.5 Å². The minimum Gasteiger partial charge on any atom is -0.493 e. The van der Waals surface area contributed by atoms with Crippen LogP contribution in [0.25, 0.3) is 11.1 Å². The second kappa shape index (κ2) is 8.66. The van der Waals surface area contributed by atoms with E-state index in [1.54, 1.807) is 38.1 Å². The molecule has 0 radical (unpaired) electrons. The average Bonchev–Trinajstić information content (AvgIpc) is 3.16. The Morgan fingerprint density at radius 3 is 2.33 bits per heavy atom. The first-order chi connectivity index (χ1) is 15.5. The van der Waals surface area contributed by atoms with Crippen LogP contribution in [-0.4, -0.2) is 37.4 Å². The van der Waals surface area contributed by atoms with Crippen molar-refractivity contribution in [3.8, 4) is 34.4 Å². The highest BCUT2D eigenvalue weighted by atomic mass is 16.5. The summed E-state index contributed by atoms with van der Waals surface area (Å²) in [4.78, 5) is 24.0. The van der Waals surface area contributed by atoms with Gasteiger partial charge in [-0.3, -0.25) is 4.79 Å². The third-order valence-corrected chi connectivity index (χ3v) is 5.88. The molecule has 8 nitrogen and oxygen atoms in total. The zero-order valence-corrected chi connectivity index (χ0v) is 19.5. The molecule has 0 spiro atoms. The molecule has 3 rings (SSSR count). The Morgan fingerprint density at radius 1 is 1.09 bits per heavy atom. The number of esters is 1. The Kier molecular flexibility index (Phi) is 6.28. The number of carboxylic acid groups (broad SMARTS) is 1. The quantitative estimate of drug-likeness (QED) is 0.583. The predicted molar refractivity (Wildman–Crippen MR) is 119 cm³/mol. The molecule has 1 atom stereocenters. The van der Waals surface area contributed by atoms with Crippen LogP contribution >= 0.6 is 0 Å². The maximum absolute atomic E-state index is 12.1.